The summed E-state index contributed by atoms with van der Waals surface area (Å²) in [7, 11) is 0. The molecule has 1 saturated heterocycles. The minimum Gasteiger partial charge on any atom is -0.467 e. The van der Waals surface area contributed by atoms with Gasteiger partial charge < -0.3 is 14.8 Å². The fourth-order valence-electron chi connectivity index (χ4n) is 3.83. The molecule has 2 bridgehead atoms. The van der Waals surface area contributed by atoms with E-state index in [9.17, 15) is 14.9 Å². The fourth-order valence-corrected chi connectivity index (χ4v) is 4.27. The molecule has 2 aromatic carbocycles. The van der Waals surface area contributed by atoms with Crippen LogP contribution in [0.5, 0.6) is 5.75 Å². The number of nitro groups is 1. The number of carbonyl (C=O) groups is 1. The van der Waals surface area contributed by atoms with Crippen LogP contribution in [-0.2, 0) is 4.74 Å². The molecule has 2 aliphatic rings. The lowest BCUT2D eigenvalue weighted by molar-refractivity contribution is -0.385. The first-order chi connectivity index (χ1) is 13.8. The van der Waals surface area contributed by atoms with Gasteiger partial charge in [0.1, 0.15) is 5.75 Å². The smallest absolute Gasteiger partial charge is 0.338 e. The number of hydrogen-bond acceptors (Lipinski definition) is 6. The Kier molecular flexibility index (Phi) is 4.62. The molecule has 0 amide bonds. The van der Waals surface area contributed by atoms with E-state index >= 15 is 0 Å². The molecule has 0 spiro atoms. The molecule has 2 aromatic rings. The number of rotatable bonds is 4. The second-order valence-electron chi connectivity index (χ2n) is 7.07. The lowest BCUT2D eigenvalue weighted by atomic mass is 9.90. The number of esters is 1. The van der Waals surface area contributed by atoms with Crippen LogP contribution in [0.4, 0.5) is 11.4 Å². The summed E-state index contributed by atoms with van der Waals surface area (Å²) >= 11 is 5.58. The largest absolute Gasteiger partial charge is 0.467 e. The molecule has 2 aliphatic heterocycles. The van der Waals surface area contributed by atoms with Crippen molar-refractivity contribution in [3.63, 3.8) is 0 Å². The monoisotopic (exact) mass is 413 g/mol. The van der Waals surface area contributed by atoms with Crippen LogP contribution >= 0.6 is 12.2 Å². The Morgan fingerprint density at radius 3 is 2.76 bits per heavy atom. The molecule has 1 N–H and O–H groups in total. The number of carbonyl (C=O) groups excluding carboxylic acids is 1. The van der Waals surface area contributed by atoms with Crippen molar-refractivity contribution in [2.75, 3.05) is 11.5 Å². The topological polar surface area (TPSA) is 93.9 Å². The van der Waals surface area contributed by atoms with Gasteiger partial charge in [-0.2, -0.15) is 0 Å². The SMILES string of the molecule is CCOC(=O)c1ccc(N2C(=S)NC3CC2(C)Oc2ccc([N+](=O)[O-])cc23)cc1. The third kappa shape index (κ3) is 3.27. The Labute approximate surface area is 172 Å². The summed E-state index contributed by atoms with van der Waals surface area (Å²) in [5, 5.41) is 14.8. The van der Waals surface area contributed by atoms with E-state index in [1.807, 2.05) is 11.8 Å². The minimum atomic E-state index is -0.776. The Morgan fingerprint density at radius 2 is 2.10 bits per heavy atom. The molecule has 150 valence electrons. The van der Waals surface area contributed by atoms with Crippen molar-refractivity contribution in [1.29, 1.82) is 0 Å². The summed E-state index contributed by atoms with van der Waals surface area (Å²) in [6.45, 7) is 4.00. The van der Waals surface area contributed by atoms with Crippen LogP contribution in [0.15, 0.2) is 42.5 Å². The second-order valence-corrected chi connectivity index (χ2v) is 7.45. The van der Waals surface area contributed by atoms with Gasteiger partial charge >= 0.3 is 5.97 Å². The highest BCUT2D eigenvalue weighted by molar-refractivity contribution is 7.80. The summed E-state index contributed by atoms with van der Waals surface area (Å²) < 4.78 is 11.3. The number of nitro benzene ring substituents is 1. The summed E-state index contributed by atoms with van der Waals surface area (Å²) in [5.74, 6) is 0.201. The lowest BCUT2D eigenvalue weighted by Gasteiger charge is -2.52. The van der Waals surface area contributed by atoms with E-state index in [-0.39, 0.29) is 17.7 Å². The number of anilines is 1. The number of thiocarbonyl (C=S) groups is 1. The molecule has 0 aromatic heterocycles. The zero-order valence-corrected chi connectivity index (χ0v) is 16.7. The number of ether oxygens (including phenoxy) is 2. The van der Waals surface area contributed by atoms with Crippen LogP contribution in [-0.4, -0.2) is 28.3 Å². The molecule has 8 nitrogen and oxygen atoms in total. The van der Waals surface area contributed by atoms with Crippen LogP contribution in [0.2, 0.25) is 0 Å². The van der Waals surface area contributed by atoms with E-state index in [0.29, 0.717) is 29.5 Å². The zero-order valence-electron chi connectivity index (χ0n) is 15.9. The maximum atomic E-state index is 11.9. The van der Waals surface area contributed by atoms with E-state index in [0.717, 1.165) is 11.3 Å². The van der Waals surface area contributed by atoms with Gasteiger partial charge in [-0.05, 0) is 56.4 Å². The van der Waals surface area contributed by atoms with Crippen LogP contribution in [0.1, 0.15) is 42.2 Å². The van der Waals surface area contributed by atoms with Gasteiger partial charge in [0, 0.05) is 29.8 Å². The van der Waals surface area contributed by atoms with Gasteiger partial charge in [0.2, 0.25) is 0 Å². The molecule has 29 heavy (non-hydrogen) atoms. The standard InChI is InChI=1S/C20H19N3O5S/c1-3-27-18(24)12-4-6-13(7-5-12)22-19(29)21-16-11-20(22,2)28-17-9-8-14(23(25)26)10-15(16)17/h4-10,16H,3,11H2,1-2H3,(H,21,29). The van der Waals surface area contributed by atoms with Crippen LogP contribution in [0, 0.1) is 10.1 Å². The Bertz CT molecular complexity index is 1010. The number of fused-ring (bicyclic) bond motifs is 4. The molecular formula is C20H19N3O5S. The van der Waals surface area contributed by atoms with E-state index in [1.165, 1.54) is 12.1 Å². The molecule has 0 saturated carbocycles. The maximum absolute atomic E-state index is 11.9. The van der Waals surface area contributed by atoms with Gasteiger partial charge in [0.25, 0.3) is 5.69 Å². The van der Waals surface area contributed by atoms with E-state index in [2.05, 4.69) is 5.32 Å². The van der Waals surface area contributed by atoms with Gasteiger partial charge in [0.15, 0.2) is 10.8 Å². The average Bonchev–Trinajstić information content (AvgIpc) is 2.67. The molecule has 4 rings (SSSR count). The number of hydrogen-bond donors (Lipinski definition) is 1. The number of non-ortho nitro benzene ring substituents is 1. The minimum absolute atomic E-state index is 0.0145. The van der Waals surface area contributed by atoms with Crippen molar-refractivity contribution in [3.8, 4) is 5.75 Å². The van der Waals surface area contributed by atoms with Gasteiger partial charge in [-0.1, -0.05) is 0 Å². The van der Waals surface area contributed by atoms with Crippen molar-refractivity contribution >= 4 is 34.7 Å². The highest BCUT2D eigenvalue weighted by Gasteiger charge is 2.48. The highest BCUT2D eigenvalue weighted by atomic mass is 32.1. The quantitative estimate of drug-likeness (QED) is 0.351. The Morgan fingerprint density at radius 1 is 1.38 bits per heavy atom. The summed E-state index contributed by atoms with van der Waals surface area (Å²) in [5.41, 5.74) is 1.18. The molecule has 1 fully saturated rings. The zero-order chi connectivity index (χ0) is 20.8. The van der Waals surface area contributed by atoms with Crippen molar-refractivity contribution in [2.45, 2.75) is 32.0 Å². The van der Waals surface area contributed by atoms with Gasteiger partial charge in [0.05, 0.1) is 23.1 Å². The summed E-state index contributed by atoms with van der Waals surface area (Å²) in [6.07, 6.45) is 0.543. The average molecular weight is 413 g/mol. The third-order valence-electron chi connectivity index (χ3n) is 5.10. The number of nitrogens with zero attached hydrogens (tertiary/aromatic N) is 2. The van der Waals surface area contributed by atoms with Crippen molar-refractivity contribution < 1.29 is 19.2 Å². The Balaban J connectivity index is 1.67. The Hall–Kier alpha value is -3.20. The van der Waals surface area contributed by atoms with Crippen molar-refractivity contribution in [1.82, 2.24) is 5.32 Å². The number of benzene rings is 2. The van der Waals surface area contributed by atoms with Crippen LogP contribution < -0.4 is 15.0 Å². The highest BCUT2D eigenvalue weighted by Crippen LogP contribution is 2.46. The maximum Gasteiger partial charge on any atom is 0.338 e. The molecule has 2 heterocycles. The normalized spacial score (nSPS) is 22.2. The molecule has 2 atom stereocenters. The summed E-state index contributed by atoms with van der Waals surface area (Å²) in [6, 6.07) is 11.3. The summed E-state index contributed by atoms with van der Waals surface area (Å²) in [4.78, 5) is 24.5. The first kappa shape index (κ1) is 19.1. The molecule has 9 heteroatoms. The molecular weight excluding hydrogens is 394 g/mol. The fraction of sp³-hybridized carbons (Fsp3) is 0.300. The molecule has 0 radical (unpaired) electrons. The van der Waals surface area contributed by atoms with Gasteiger partial charge in [-0.15, -0.1) is 0 Å². The first-order valence-electron chi connectivity index (χ1n) is 9.17. The van der Waals surface area contributed by atoms with Gasteiger partial charge in [-0.3, -0.25) is 15.0 Å². The molecule has 0 aliphatic carbocycles. The van der Waals surface area contributed by atoms with E-state index < -0.39 is 10.6 Å². The van der Waals surface area contributed by atoms with Crippen LogP contribution in [0.3, 0.4) is 0 Å². The lowest BCUT2D eigenvalue weighted by Crippen LogP contribution is -2.65. The molecule has 2 unspecified atom stereocenters. The van der Waals surface area contributed by atoms with Crippen LogP contribution in [0.25, 0.3) is 0 Å². The van der Waals surface area contributed by atoms with Gasteiger partial charge in [-0.25, -0.2) is 4.79 Å². The third-order valence-corrected chi connectivity index (χ3v) is 5.40. The van der Waals surface area contributed by atoms with Crippen molar-refractivity contribution in [3.05, 3.63) is 63.7 Å². The number of nitrogens with one attached hydrogen (secondary N) is 1. The van der Waals surface area contributed by atoms with Crippen molar-refractivity contribution in [2.24, 2.45) is 0 Å². The van der Waals surface area contributed by atoms with E-state index in [4.69, 9.17) is 21.7 Å². The first-order valence-corrected chi connectivity index (χ1v) is 9.58. The van der Waals surface area contributed by atoms with E-state index in [1.54, 1.807) is 37.3 Å². The second kappa shape index (κ2) is 7.00. The predicted octanol–water partition coefficient (Wildman–Crippen LogP) is 3.71. The predicted molar refractivity (Wildman–Crippen MR) is 110 cm³/mol.